The van der Waals surface area contributed by atoms with Crippen molar-refractivity contribution in [1.29, 1.82) is 0 Å². The van der Waals surface area contributed by atoms with E-state index in [4.69, 9.17) is 23.6 Å². The van der Waals surface area contributed by atoms with Crippen molar-refractivity contribution in [2.45, 2.75) is 19.9 Å². The van der Waals surface area contributed by atoms with Gasteiger partial charge >= 0.3 is 0 Å². The normalized spacial score (nSPS) is 14.1. The quantitative estimate of drug-likeness (QED) is 0.185. The number of phenols is 1. The van der Waals surface area contributed by atoms with Crippen LogP contribution in [0.15, 0.2) is 81.5 Å². The number of alkyl halides is 1. The van der Waals surface area contributed by atoms with Crippen molar-refractivity contribution in [1.82, 2.24) is 4.90 Å². The Bertz CT molecular complexity index is 1370. The Labute approximate surface area is 228 Å². The number of aromatic hydroxyl groups is 1. The van der Waals surface area contributed by atoms with Gasteiger partial charge in [0.1, 0.15) is 22.3 Å². The molecule has 37 heavy (non-hydrogen) atoms. The third-order valence-electron chi connectivity index (χ3n) is 5.61. The second-order valence-electron chi connectivity index (χ2n) is 7.77. The monoisotopic (exact) mass is 588 g/mol. The van der Waals surface area contributed by atoms with Crippen LogP contribution in [0.4, 0.5) is 5.00 Å². The minimum absolute atomic E-state index is 0.135. The summed E-state index contributed by atoms with van der Waals surface area (Å²) in [5, 5.41) is 11.8. The van der Waals surface area contributed by atoms with E-state index in [0.717, 1.165) is 10.9 Å². The third kappa shape index (κ3) is 5.91. The summed E-state index contributed by atoms with van der Waals surface area (Å²) in [6.45, 7) is 5.89. The molecule has 1 aliphatic heterocycles. The van der Waals surface area contributed by atoms with Crippen molar-refractivity contribution < 1.29 is 28.5 Å². The lowest BCUT2D eigenvalue weighted by molar-refractivity contribution is -0.127. The van der Waals surface area contributed by atoms with Crippen LogP contribution in [0.3, 0.4) is 0 Å². The summed E-state index contributed by atoms with van der Waals surface area (Å²) in [5.74, 6) is 3.87. The number of hydrogen-bond acceptors (Lipinski definition) is 8. The van der Waals surface area contributed by atoms with Crippen molar-refractivity contribution in [2.24, 2.45) is 4.99 Å². The van der Waals surface area contributed by atoms with E-state index in [1.807, 2.05) is 24.9 Å². The van der Waals surface area contributed by atoms with Gasteiger partial charge in [-0.05, 0) is 42.6 Å². The number of furan rings is 1. The predicted molar refractivity (Wildman–Crippen MR) is 149 cm³/mol. The standard InChI is InChI=1S/C26H26N2O6S.CH3Br/c1-15(12-21(32-4)23(33-5)16(2)31-3)25-27-26-19(18-9-6-10-20(29)24(18)35-26)13-22(30)28(25)14-17-8-7-11-34-17;1-2/h6-12,29H,2,13-14H2,1,3-5H3;1H3/b15-12+,23-21-;. The summed E-state index contributed by atoms with van der Waals surface area (Å²) in [7, 11) is 4.49. The van der Waals surface area contributed by atoms with Crippen molar-refractivity contribution in [3.8, 4) is 5.75 Å². The Kier molecular flexibility index (Phi) is 9.60. The van der Waals surface area contributed by atoms with Gasteiger partial charge in [-0.2, -0.15) is 0 Å². The number of carbonyl (C=O) groups is 1. The Morgan fingerprint density at radius 2 is 1.97 bits per heavy atom. The highest BCUT2D eigenvalue weighted by Gasteiger charge is 2.29. The number of benzene rings is 1. The molecular formula is C27H29BrN2O6S. The number of methoxy groups -OCH3 is 3. The van der Waals surface area contributed by atoms with E-state index in [-0.39, 0.29) is 24.6 Å². The highest BCUT2D eigenvalue weighted by atomic mass is 79.9. The molecule has 0 bridgehead atoms. The van der Waals surface area contributed by atoms with E-state index >= 15 is 0 Å². The average molecular weight is 590 g/mol. The first-order valence-electron chi connectivity index (χ1n) is 11.1. The summed E-state index contributed by atoms with van der Waals surface area (Å²) in [6.07, 6.45) is 3.42. The zero-order valence-electron chi connectivity index (χ0n) is 21.3. The van der Waals surface area contributed by atoms with Crippen LogP contribution in [0, 0.1) is 0 Å². The number of amidine groups is 1. The van der Waals surface area contributed by atoms with Gasteiger partial charge in [0.25, 0.3) is 0 Å². The molecule has 4 rings (SSSR count). The first-order chi connectivity index (χ1) is 17.9. The number of phenolic OH excluding ortho intramolecular Hbond substituents is 1. The number of allylic oxidation sites excluding steroid dienone is 1. The summed E-state index contributed by atoms with van der Waals surface area (Å²) in [6, 6.07) is 8.87. The van der Waals surface area contributed by atoms with Gasteiger partial charge in [0, 0.05) is 10.9 Å². The van der Waals surface area contributed by atoms with E-state index in [9.17, 15) is 9.90 Å². The zero-order chi connectivity index (χ0) is 27.1. The molecule has 0 aliphatic carbocycles. The van der Waals surface area contributed by atoms with Gasteiger partial charge in [-0.25, -0.2) is 4.99 Å². The van der Waals surface area contributed by atoms with E-state index < -0.39 is 0 Å². The molecule has 1 aromatic carbocycles. The second kappa shape index (κ2) is 12.6. The van der Waals surface area contributed by atoms with Gasteiger partial charge in [-0.1, -0.05) is 34.6 Å². The minimum Gasteiger partial charge on any atom is -0.506 e. The van der Waals surface area contributed by atoms with Crippen LogP contribution in [0.2, 0.25) is 0 Å². The molecule has 196 valence electrons. The molecule has 2 aromatic heterocycles. The molecule has 0 unspecified atom stereocenters. The first kappa shape index (κ1) is 28.1. The van der Waals surface area contributed by atoms with Crippen molar-refractivity contribution in [3.05, 3.63) is 83.4 Å². The number of rotatable bonds is 8. The molecule has 8 nitrogen and oxygen atoms in total. The van der Waals surface area contributed by atoms with Gasteiger partial charge < -0.3 is 23.7 Å². The smallest absolute Gasteiger partial charge is 0.233 e. The van der Waals surface area contributed by atoms with Crippen LogP contribution in [-0.2, 0) is 32.0 Å². The van der Waals surface area contributed by atoms with E-state index in [1.54, 1.807) is 35.4 Å². The Hall–Kier alpha value is -3.50. The lowest BCUT2D eigenvalue weighted by Crippen LogP contribution is -2.37. The molecule has 0 saturated carbocycles. The van der Waals surface area contributed by atoms with E-state index in [0.29, 0.717) is 44.1 Å². The fourth-order valence-electron chi connectivity index (χ4n) is 3.87. The molecular weight excluding hydrogens is 560 g/mol. The lowest BCUT2D eigenvalue weighted by Gasteiger charge is -2.23. The number of nitrogens with zero attached hydrogens (tertiary/aromatic N) is 2. The Morgan fingerprint density at radius 3 is 2.59 bits per heavy atom. The van der Waals surface area contributed by atoms with Gasteiger partial charge in [-0.15, -0.1) is 11.3 Å². The molecule has 1 aliphatic rings. The largest absolute Gasteiger partial charge is 0.506 e. The van der Waals surface area contributed by atoms with Gasteiger partial charge in [0.05, 0.1) is 45.3 Å². The predicted octanol–water partition coefficient (Wildman–Crippen LogP) is 6.44. The molecule has 3 aromatic rings. The molecule has 0 saturated heterocycles. The maximum Gasteiger partial charge on any atom is 0.233 e. The maximum atomic E-state index is 13.6. The number of ether oxygens (including phenoxy) is 3. The molecule has 1 amide bonds. The summed E-state index contributed by atoms with van der Waals surface area (Å²) >= 11 is 4.29. The fourth-order valence-corrected chi connectivity index (χ4v) is 4.98. The van der Waals surface area contributed by atoms with E-state index in [2.05, 4.69) is 22.5 Å². The van der Waals surface area contributed by atoms with Crippen molar-refractivity contribution in [3.63, 3.8) is 0 Å². The summed E-state index contributed by atoms with van der Waals surface area (Å²) < 4.78 is 22.4. The molecule has 10 heteroatoms. The van der Waals surface area contributed by atoms with Crippen LogP contribution in [-0.4, -0.2) is 48.9 Å². The summed E-state index contributed by atoms with van der Waals surface area (Å²) in [5.41, 5.74) is 1.43. The lowest BCUT2D eigenvalue weighted by atomic mass is 10.1. The number of thiophene rings is 1. The molecule has 3 heterocycles. The fraction of sp³-hybridized carbons (Fsp3) is 0.259. The third-order valence-corrected chi connectivity index (χ3v) is 6.77. The van der Waals surface area contributed by atoms with Crippen molar-refractivity contribution in [2.75, 3.05) is 27.2 Å². The highest BCUT2D eigenvalue weighted by Crippen LogP contribution is 2.44. The number of aliphatic imine (C=N–C) groups is 1. The molecule has 0 spiro atoms. The average Bonchev–Trinajstić information content (AvgIpc) is 3.52. The summed E-state index contributed by atoms with van der Waals surface area (Å²) in [4.78, 5) is 20.1. The Morgan fingerprint density at radius 1 is 1.22 bits per heavy atom. The SMILES string of the molecule is C=C(OC)/C(OC)=C(\C=C(/C)C1=Nc2sc3c(O)cccc3c2CC(=O)N1Cc1ccco1)OC.CBr. The zero-order valence-corrected chi connectivity index (χ0v) is 23.7. The van der Waals surface area contributed by atoms with Crippen LogP contribution >= 0.6 is 27.3 Å². The van der Waals surface area contributed by atoms with Crippen LogP contribution in [0.1, 0.15) is 18.2 Å². The topological polar surface area (TPSA) is 93.7 Å². The second-order valence-corrected chi connectivity index (χ2v) is 8.77. The van der Waals surface area contributed by atoms with Crippen LogP contribution in [0.25, 0.3) is 10.1 Å². The number of fused-ring (bicyclic) bond motifs is 3. The van der Waals surface area contributed by atoms with Crippen molar-refractivity contribution >= 4 is 54.1 Å². The first-order valence-corrected chi connectivity index (χ1v) is 13.5. The molecule has 1 N–H and O–H groups in total. The molecule has 0 radical (unpaired) electrons. The number of carbonyl (C=O) groups excluding carboxylic acids is 1. The number of hydrogen-bond donors (Lipinski definition) is 1. The van der Waals surface area contributed by atoms with Gasteiger partial charge in [0.15, 0.2) is 11.5 Å². The Balaban J connectivity index is 0.00000186. The van der Waals surface area contributed by atoms with Gasteiger partial charge in [-0.3, -0.25) is 9.69 Å². The number of halogens is 1. The number of amides is 1. The highest BCUT2D eigenvalue weighted by molar-refractivity contribution is 9.08. The van der Waals surface area contributed by atoms with Crippen LogP contribution < -0.4 is 0 Å². The maximum absolute atomic E-state index is 13.6. The van der Waals surface area contributed by atoms with E-state index in [1.165, 1.54) is 32.7 Å². The molecule has 0 atom stereocenters. The van der Waals surface area contributed by atoms with Gasteiger partial charge in [0.2, 0.25) is 11.7 Å². The molecule has 0 fully saturated rings. The van der Waals surface area contributed by atoms with Crippen LogP contribution in [0.5, 0.6) is 5.75 Å². The minimum atomic E-state index is -0.147.